The van der Waals surface area contributed by atoms with Gasteiger partial charge in [-0.25, -0.2) is 0 Å². The number of para-hydroxylation sites is 1. The number of nitriles is 1. The molecule has 3 aromatic rings. The fourth-order valence-electron chi connectivity index (χ4n) is 2.09. The molecule has 5 nitrogen and oxygen atoms in total. The van der Waals surface area contributed by atoms with E-state index < -0.39 is 0 Å². The summed E-state index contributed by atoms with van der Waals surface area (Å²) in [5.74, 6) is 0.108. The molecule has 1 aromatic heterocycles. The van der Waals surface area contributed by atoms with Crippen LogP contribution < -0.4 is 4.85 Å². The van der Waals surface area contributed by atoms with E-state index in [1.807, 2.05) is 0 Å². The minimum Gasteiger partial charge on any atom is -0.595 e. The van der Waals surface area contributed by atoms with Crippen LogP contribution in [0.4, 0.5) is 0 Å². The number of benzene rings is 2. The molecule has 0 aliphatic rings. The van der Waals surface area contributed by atoms with Crippen LogP contribution in [-0.2, 0) is 0 Å². The molecule has 0 bridgehead atoms. The van der Waals surface area contributed by atoms with Gasteiger partial charge in [0, 0.05) is 6.07 Å². The van der Waals surface area contributed by atoms with E-state index in [0.29, 0.717) is 21.4 Å². The van der Waals surface area contributed by atoms with Crippen molar-refractivity contribution < 1.29 is 9.95 Å². The second kappa shape index (κ2) is 4.03. The molecular weight excluding hydrogens is 242 g/mol. The SMILES string of the molecule is N#Cc1c2ccccc2[n+]([O-])n1-c1ccc(O)cc1. The van der Waals surface area contributed by atoms with Gasteiger partial charge in [-0.2, -0.15) is 5.26 Å². The monoisotopic (exact) mass is 251 g/mol. The highest BCUT2D eigenvalue weighted by Gasteiger charge is 2.21. The van der Waals surface area contributed by atoms with Crippen LogP contribution in [0.5, 0.6) is 5.75 Å². The van der Waals surface area contributed by atoms with Gasteiger partial charge < -0.3 is 10.3 Å². The summed E-state index contributed by atoms with van der Waals surface area (Å²) in [5.41, 5.74) is 1.24. The van der Waals surface area contributed by atoms with E-state index >= 15 is 0 Å². The molecule has 0 fully saturated rings. The molecule has 92 valence electrons. The van der Waals surface area contributed by atoms with Gasteiger partial charge in [0.2, 0.25) is 0 Å². The van der Waals surface area contributed by atoms with Crippen molar-refractivity contribution >= 4 is 10.9 Å². The van der Waals surface area contributed by atoms with E-state index in [2.05, 4.69) is 6.07 Å². The smallest absolute Gasteiger partial charge is 0.253 e. The highest BCUT2D eigenvalue weighted by atomic mass is 16.5. The van der Waals surface area contributed by atoms with E-state index in [-0.39, 0.29) is 11.4 Å². The molecule has 0 amide bonds. The van der Waals surface area contributed by atoms with E-state index in [1.165, 1.54) is 16.8 Å². The molecule has 0 aliphatic heterocycles. The molecule has 0 saturated heterocycles. The van der Waals surface area contributed by atoms with Crippen molar-refractivity contribution in [2.75, 3.05) is 0 Å². The highest BCUT2D eigenvalue weighted by molar-refractivity contribution is 5.81. The van der Waals surface area contributed by atoms with Gasteiger partial charge in [0.25, 0.3) is 5.52 Å². The molecule has 0 spiro atoms. The number of hydrogen-bond donors (Lipinski definition) is 1. The third-order valence-electron chi connectivity index (χ3n) is 2.96. The topological polar surface area (TPSA) is 75.9 Å². The minimum atomic E-state index is 0.108. The number of aromatic hydroxyl groups is 1. The van der Waals surface area contributed by atoms with Gasteiger partial charge in [-0.1, -0.05) is 21.7 Å². The molecule has 0 radical (unpaired) electrons. The Balaban J connectivity index is 2.38. The average molecular weight is 251 g/mol. The van der Waals surface area contributed by atoms with Crippen LogP contribution in [0.1, 0.15) is 5.69 Å². The standard InChI is InChI=1S/C14H9N3O2/c15-9-14-12-3-1-2-4-13(12)17(19)16(14)10-5-7-11(18)8-6-10/h1-8,18H. The zero-order valence-electron chi connectivity index (χ0n) is 9.82. The fraction of sp³-hybridized carbons (Fsp3) is 0. The van der Waals surface area contributed by atoms with Crippen molar-refractivity contribution in [3.63, 3.8) is 0 Å². The summed E-state index contributed by atoms with van der Waals surface area (Å²) in [4.78, 5) is 0.681. The van der Waals surface area contributed by atoms with Gasteiger partial charge in [0.1, 0.15) is 17.5 Å². The first-order valence-corrected chi connectivity index (χ1v) is 5.65. The summed E-state index contributed by atoms with van der Waals surface area (Å²) in [6.07, 6.45) is 0. The van der Waals surface area contributed by atoms with Crippen molar-refractivity contribution in [1.82, 2.24) is 4.68 Å². The lowest BCUT2D eigenvalue weighted by molar-refractivity contribution is -0.659. The van der Waals surface area contributed by atoms with Crippen molar-refractivity contribution in [1.29, 1.82) is 5.26 Å². The molecule has 0 atom stereocenters. The summed E-state index contributed by atoms with van der Waals surface area (Å²) >= 11 is 0. The fourth-order valence-corrected chi connectivity index (χ4v) is 2.09. The summed E-state index contributed by atoms with van der Waals surface area (Å²) in [5, 5.41) is 31.4. The summed E-state index contributed by atoms with van der Waals surface area (Å²) < 4.78 is 1.28. The lowest BCUT2D eigenvalue weighted by Crippen LogP contribution is -2.36. The zero-order chi connectivity index (χ0) is 13.4. The maximum Gasteiger partial charge on any atom is 0.253 e. The Morgan fingerprint density at radius 2 is 1.79 bits per heavy atom. The second-order valence-corrected chi connectivity index (χ2v) is 4.08. The Morgan fingerprint density at radius 3 is 2.47 bits per heavy atom. The van der Waals surface area contributed by atoms with E-state index in [1.54, 1.807) is 36.4 Å². The van der Waals surface area contributed by atoms with Crippen molar-refractivity contribution in [2.24, 2.45) is 0 Å². The minimum absolute atomic E-state index is 0.108. The Kier molecular flexibility index (Phi) is 2.36. The number of phenolic OH excluding ortho intramolecular Hbond substituents is 1. The van der Waals surface area contributed by atoms with Gasteiger partial charge in [-0.05, 0) is 30.3 Å². The highest BCUT2D eigenvalue weighted by Crippen LogP contribution is 2.20. The lowest BCUT2D eigenvalue weighted by atomic mass is 10.2. The van der Waals surface area contributed by atoms with Crippen LogP contribution in [0, 0.1) is 16.5 Å². The number of nitrogens with zero attached hydrogens (tertiary/aromatic N) is 3. The molecule has 3 rings (SSSR count). The Bertz CT molecular complexity index is 798. The van der Waals surface area contributed by atoms with E-state index in [4.69, 9.17) is 0 Å². The first-order valence-electron chi connectivity index (χ1n) is 5.65. The molecule has 0 unspecified atom stereocenters. The maximum absolute atomic E-state index is 12.3. The predicted molar refractivity (Wildman–Crippen MR) is 68.6 cm³/mol. The van der Waals surface area contributed by atoms with Crippen LogP contribution >= 0.6 is 0 Å². The molecule has 1 heterocycles. The van der Waals surface area contributed by atoms with Crippen molar-refractivity contribution in [3.8, 4) is 17.5 Å². The number of rotatable bonds is 1. The molecule has 0 saturated carbocycles. The lowest BCUT2D eigenvalue weighted by Gasteiger charge is -2.04. The first kappa shape index (κ1) is 11.1. The number of aromatic nitrogens is 2. The van der Waals surface area contributed by atoms with Gasteiger partial charge in [-0.15, -0.1) is 0 Å². The summed E-state index contributed by atoms with van der Waals surface area (Å²) in [7, 11) is 0. The van der Waals surface area contributed by atoms with E-state index in [0.717, 1.165) is 0 Å². The molecule has 1 N–H and O–H groups in total. The van der Waals surface area contributed by atoms with Gasteiger partial charge >= 0.3 is 0 Å². The number of hydrogen-bond acceptors (Lipinski definition) is 3. The summed E-state index contributed by atoms with van der Waals surface area (Å²) in [6, 6.07) is 15.1. The zero-order valence-corrected chi connectivity index (χ0v) is 9.82. The predicted octanol–water partition coefficient (Wildman–Crippen LogP) is 1.84. The van der Waals surface area contributed by atoms with E-state index in [9.17, 15) is 15.6 Å². The second-order valence-electron chi connectivity index (χ2n) is 4.08. The third-order valence-corrected chi connectivity index (χ3v) is 2.96. The van der Waals surface area contributed by atoms with Crippen molar-refractivity contribution in [3.05, 3.63) is 59.4 Å². The normalized spacial score (nSPS) is 10.5. The van der Waals surface area contributed by atoms with Crippen LogP contribution in [-0.4, -0.2) is 9.79 Å². The Morgan fingerprint density at radius 1 is 1.11 bits per heavy atom. The van der Waals surface area contributed by atoms with Crippen LogP contribution in [0.15, 0.2) is 48.5 Å². The average Bonchev–Trinajstić information content (AvgIpc) is 2.73. The molecule has 0 aliphatic carbocycles. The largest absolute Gasteiger partial charge is 0.595 e. The van der Waals surface area contributed by atoms with Crippen LogP contribution in [0.25, 0.3) is 16.6 Å². The third kappa shape index (κ3) is 1.58. The Labute approximate surface area is 108 Å². The first-order chi connectivity index (χ1) is 9.22. The molecule has 5 heteroatoms. The molecule has 2 aromatic carbocycles. The molecule has 19 heavy (non-hydrogen) atoms. The van der Waals surface area contributed by atoms with Gasteiger partial charge in [0.05, 0.1) is 5.39 Å². The van der Waals surface area contributed by atoms with Gasteiger partial charge in [0.15, 0.2) is 5.69 Å². The van der Waals surface area contributed by atoms with Crippen LogP contribution in [0.2, 0.25) is 0 Å². The Hall–Kier alpha value is -3.00. The summed E-state index contributed by atoms with van der Waals surface area (Å²) in [6.45, 7) is 0. The van der Waals surface area contributed by atoms with Crippen molar-refractivity contribution in [2.45, 2.75) is 0 Å². The van der Waals surface area contributed by atoms with Gasteiger partial charge in [-0.3, -0.25) is 0 Å². The number of phenols is 1. The number of fused-ring (bicyclic) bond motifs is 1. The maximum atomic E-state index is 12.3. The quantitative estimate of drug-likeness (QED) is 0.529. The molecular formula is C14H9N3O2. The van der Waals surface area contributed by atoms with Crippen LogP contribution in [0.3, 0.4) is 0 Å².